The number of hydrogen-bond acceptors (Lipinski definition) is 9. The van der Waals surface area contributed by atoms with Crippen molar-refractivity contribution in [2.24, 2.45) is 0 Å². The minimum Gasteiger partial charge on any atom is -0.465 e. The van der Waals surface area contributed by atoms with Gasteiger partial charge >= 0.3 is 5.97 Å². The summed E-state index contributed by atoms with van der Waals surface area (Å²) in [6.07, 6.45) is 11.7. The largest absolute Gasteiger partial charge is 0.465 e. The fourth-order valence-corrected chi connectivity index (χ4v) is 6.92. The SMILES string of the molecule is COC(=O)c1ccc(C(=O)Nc2ccc(CCN(Cc3cccc(-n4ccnc4)c3)Cc3cccc(-n4ccnc4)c3)cc2)c(NC(=O)c2cc(=O)c3ccccc3o2)c1. The molecular weight excluding hydrogens is 759 g/mol. The van der Waals surface area contributed by atoms with Gasteiger partial charge in [0.25, 0.3) is 11.8 Å². The molecular formula is C47H39N7O6. The van der Waals surface area contributed by atoms with Crippen molar-refractivity contribution in [1.29, 1.82) is 0 Å². The molecule has 5 aromatic carbocycles. The fraction of sp³-hybridized carbons (Fsp3) is 0.106. The smallest absolute Gasteiger partial charge is 0.337 e. The number of rotatable bonds is 14. The van der Waals surface area contributed by atoms with Crippen LogP contribution in [0, 0.1) is 0 Å². The lowest BCUT2D eigenvalue weighted by Gasteiger charge is -2.23. The minimum absolute atomic E-state index is 0.0269. The van der Waals surface area contributed by atoms with Gasteiger partial charge in [0.15, 0.2) is 11.2 Å². The summed E-state index contributed by atoms with van der Waals surface area (Å²) in [7, 11) is 1.23. The normalized spacial score (nSPS) is 11.1. The zero-order valence-corrected chi connectivity index (χ0v) is 32.5. The number of esters is 1. The summed E-state index contributed by atoms with van der Waals surface area (Å²) < 4.78 is 14.5. The summed E-state index contributed by atoms with van der Waals surface area (Å²) in [5.41, 5.74) is 6.07. The lowest BCUT2D eigenvalue weighted by atomic mass is 10.1. The number of aromatic nitrogens is 4. The van der Waals surface area contributed by atoms with Crippen molar-refractivity contribution in [2.75, 3.05) is 24.3 Å². The molecule has 2 N–H and O–H groups in total. The van der Waals surface area contributed by atoms with Crippen LogP contribution in [0.4, 0.5) is 11.4 Å². The number of ether oxygens (including phenoxy) is 1. The standard InChI is InChI=1S/C47H39N7O6/c1-59-47(58)35-14-17-39(41(26-35)51-46(57)44-27-42(55)40-10-2-3-11-43(40)60-44)45(56)50-36-15-12-32(13-16-36)18-21-52(28-33-6-4-8-37(24-33)53-22-19-48-30-53)29-34-7-5-9-38(25-34)54-23-20-49-31-54/h2-17,19-20,22-27,30-31H,18,21,28-29H2,1H3,(H,50,56)(H,51,57). The minimum atomic E-state index is -0.774. The number of benzene rings is 5. The summed E-state index contributed by atoms with van der Waals surface area (Å²) >= 11 is 0. The monoisotopic (exact) mass is 797 g/mol. The van der Waals surface area contributed by atoms with Crippen LogP contribution in [-0.2, 0) is 24.2 Å². The van der Waals surface area contributed by atoms with E-state index in [1.807, 2.05) is 45.8 Å². The van der Waals surface area contributed by atoms with Gasteiger partial charge in [0, 0.05) is 67.6 Å². The van der Waals surface area contributed by atoms with Crippen LogP contribution in [0.15, 0.2) is 168 Å². The maximum absolute atomic E-state index is 13.7. The number of nitrogens with one attached hydrogen (secondary N) is 2. The van der Waals surface area contributed by atoms with Gasteiger partial charge in [0.05, 0.1) is 42.0 Å². The highest BCUT2D eigenvalue weighted by Crippen LogP contribution is 2.23. The average Bonchev–Trinajstić information content (AvgIpc) is 4.03. The van der Waals surface area contributed by atoms with E-state index in [0.29, 0.717) is 24.2 Å². The molecule has 0 saturated carbocycles. The molecule has 60 heavy (non-hydrogen) atoms. The average molecular weight is 798 g/mol. The Labute approximate surface area is 344 Å². The van der Waals surface area contributed by atoms with Crippen molar-refractivity contribution in [1.82, 2.24) is 24.0 Å². The third-order valence-electron chi connectivity index (χ3n) is 9.96. The Morgan fingerprint density at radius 2 is 1.37 bits per heavy atom. The molecule has 3 aromatic heterocycles. The van der Waals surface area contributed by atoms with E-state index in [2.05, 4.69) is 74.0 Å². The van der Waals surface area contributed by atoms with E-state index in [9.17, 15) is 19.2 Å². The number of carbonyl (C=O) groups is 3. The molecule has 13 nitrogen and oxygen atoms in total. The molecule has 2 amide bonds. The number of amides is 2. The van der Waals surface area contributed by atoms with E-state index in [0.717, 1.165) is 36.0 Å². The number of para-hydroxylation sites is 1. The van der Waals surface area contributed by atoms with E-state index < -0.39 is 23.2 Å². The predicted molar refractivity (Wildman–Crippen MR) is 228 cm³/mol. The van der Waals surface area contributed by atoms with Crippen molar-refractivity contribution in [3.63, 3.8) is 0 Å². The maximum atomic E-state index is 13.7. The number of methoxy groups -OCH3 is 1. The van der Waals surface area contributed by atoms with Gasteiger partial charge in [0.1, 0.15) is 5.58 Å². The van der Waals surface area contributed by atoms with Crippen LogP contribution in [0.1, 0.15) is 48.0 Å². The van der Waals surface area contributed by atoms with Crippen LogP contribution in [-0.4, -0.2) is 55.4 Å². The van der Waals surface area contributed by atoms with Crippen LogP contribution in [0.5, 0.6) is 0 Å². The lowest BCUT2D eigenvalue weighted by Crippen LogP contribution is -2.25. The third kappa shape index (κ3) is 9.12. The zero-order chi connectivity index (χ0) is 41.4. The Morgan fingerprint density at radius 1 is 0.700 bits per heavy atom. The Morgan fingerprint density at radius 3 is 2.00 bits per heavy atom. The fourth-order valence-electron chi connectivity index (χ4n) is 6.92. The molecule has 0 fully saturated rings. The number of imidazole rings is 2. The second-order valence-electron chi connectivity index (χ2n) is 14.1. The highest BCUT2D eigenvalue weighted by Gasteiger charge is 2.20. The second kappa shape index (κ2) is 17.7. The summed E-state index contributed by atoms with van der Waals surface area (Å²) in [5.74, 6) is -2.22. The number of hydrogen-bond donors (Lipinski definition) is 2. The topological polar surface area (TPSA) is 154 Å². The van der Waals surface area contributed by atoms with E-state index in [4.69, 9.17) is 9.15 Å². The summed E-state index contributed by atoms with van der Waals surface area (Å²) in [5, 5.41) is 5.86. The second-order valence-corrected chi connectivity index (χ2v) is 14.1. The molecule has 0 aliphatic heterocycles. The Bertz CT molecular complexity index is 2770. The van der Waals surface area contributed by atoms with Crippen molar-refractivity contribution in [3.05, 3.63) is 203 Å². The first-order valence-electron chi connectivity index (χ1n) is 19.1. The van der Waals surface area contributed by atoms with Gasteiger partial charge < -0.3 is 28.9 Å². The molecule has 8 rings (SSSR count). The quantitative estimate of drug-likeness (QED) is 0.105. The van der Waals surface area contributed by atoms with E-state index in [1.165, 1.54) is 36.4 Å². The van der Waals surface area contributed by atoms with Crippen LogP contribution < -0.4 is 16.1 Å². The van der Waals surface area contributed by atoms with Crippen molar-refractivity contribution >= 4 is 40.1 Å². The molecule has 0 radical (unpaired) electrons. The van der Waals surface area contributed by atoms with E-state index >= 15 is 0 Å². The molecule has 0 atom stereocenters. The van der Waals surface area contributed by atoms with Gasteiger partial charge in [-0.15, -0.1) is 0 Å². The van der Waals surface area contributed by atoms with Gasteiger partial charge in [-0.25, -0.2) is 14.8 Å². The number of nitrogens with zero attached hydrogens (tertiary/aromatic N) is 5. The van der Waals surface area contributed by atoms with Gasteiger partial charge in [-0.3, -0.25) is 19.3 Å². The molecule has 0 spiro atoms. The number of anilines is 2. The van der Waals surface area contributed by atoms with Gasteiger partial charge in [-0.2, -0.15) is 0 Å². The van der Waals surface area contributed by atoms with Crippen LogP contribution in [0.3, 0.4) is 0 Å². The maximum Gasteiger partial charge on any atom is 0.337 e. The molecule has 13 heteroatoms. The van der Waals surface area contributed by atoms with Gasteiger partial charge in [-0.05, 0) is 89.8 Å². The summed E-state index contributed by atoms with van der Waals surface area (Å²) in [6.45, 7) is 2.18. The highest BCUT2D eigenvalue weighted by atomic mass is 16.5. The van der Waals surface area contributed by atoms with E-state index in [1.54, 1.807) is 49.3 Å². The number of carbonyl (C=O) groups excluding carboxylic acids is 3. The van der Waals surface area contributed by atoms with E-state index in [-0.39, 0.29) is 28.2 Å². The lowest BCUT2D eigenvalue weighted by molar-refractivity contribution is 0.0600. The first-order chi connectivity index (χ1) is 29.3. The third-order valence-corrected chi connectivity index (χ3v) is 9.96. The molecule has 0 saturated heterocycles. The molecule has 8 aromatic rings. The van der Waals surface area contributed by atoms with Crippen molar-refractivity contribution in [2.45, 2.75) is 19.5 Å². The van der Waals surface area contributed by atoms with Crippen LogP contribution in [0.25, 0.3) is 22.3 Å². The molecule has 0 bridgehead atoms. The molecule has 0 aliphatic rings. The predicted octanol–water partition coefficient (Wildman–Crippen LogP) is 7.70. The first kappa shape index (κ1) is 38.9. The summed E-state index contributed by atoms with van der Waals surface area (Å²) in [4.78, 5) is 63.0. The Hall–Kier alpha value is -7.90. The van der Waals surface area contributed by atoms with Crippen LogP contribution in [0.2, 0.25) is 0 Å². The number of fused-ring (bicyclic) bond motifs is 1. The van der Waals surface area contributed by atoms with Crippen molar-refractivity contribution in [3.8, 4) is 11.4 Å². The van der Waals surface area contributed by atoms with Crippen LogP contribution >= 0.6 is 0 Å². The zero-order valence-electron chi connectivity index (χ0n) is 32.5. The first-order valence-corrected chi connectivity index (χ1v) is 19.1. The Kier molecular flexibility index (Phi) is 11.5. The highest BCUT2D eigenvalue weighted by molar-refractivity contribution is 6.13. The molecule has 0 aliphatic carbocycles. The molecule has 298 valence electrons. The molecule has 0 unspecified atom stereocenters. The molecule has 3 heterocycles. The van der Waals surface area contributed by atoms with Gasteiger partial charge in [0.2, 0.25) is 0 Å². The van der Waals surface area contributed by atoms with Gasteiger partial charge in [-0.1, -0.05) is 48.5 Å². The summed E-state index contributed by atoms with van der Waals surface area (Å²) in [6, 6.07) is 36.3. The Balaban J connectivity index is 0.975. The van der Waals surface area contributed by atoms with Crippen molar-refractivity contribution < 1.29 is 23.5 Å².